The van der Waals surface area contributed by atoms with Gasteiger partial charge in [-0.3, -0.25) is 19.1 Å². The average Bonchev–Trinajstić information content (AvgIpc) is 3.45. The maximum absolute atomic E-state index is 13.4. The number of thiazole rings is 1. The Kier molecular flexibility index (Phi) is 8.21. The molecule has 3 heterocycles. The largest absolute Gasteiger partial charge is 0.379 e. The van der Waals surface area contributed by atoms with Crippen LogP contribution in [0.4, 0.5) is 0 Å². The molecule has 2 aromatic heterocycles. The summed E-state index contributed by atoms with van der Waals surface area (Å²) >= 11 is 14.8. The fraction of sp³-hybridized carbons (Fsp3) is 0.261. The molecule has 0 atom stereocenters. The third-order valence-electron chi connectivity index (χ3n) is 5.20. The molecule has 3 aromatic rings. The van der Waals surface area contributed by atoms with Gasteiger partial charge in [-0.15, -0.1) is 11.3 Å². The van der Waals surface area contributed by atoms with Gasteiger partial charge in [0.2, 0.25) is 0 Å². The van der Waals surface area contributed by atoms with Crippen molar-refractivity contribution in [1.29, 1.82) is 5.26 Å². The first-order valence-corrected chi connectivity index (χ1v) is 12.9. The van der Waals surface area contributed by atoms with Crippen LogP contribution in [-0.2, 0) is 9.53 Å². The molecule has 11 heteroatoms. The minimum Gasteiger partial charge on any atom is -0.379 e. The molecule has 34 heavy (non-hydrogen) atoms. The summed E-state index contributed by atoms with van der Waals surface area (Å²) in [6.45, 7) is 3.95. The predicted molar refractivity (Wildman–Crippen MR) is 136 cm³/mol. The summed E-state index contributed by atoms with van der Waals surface area (Å²) < 4.78 is 7.30. The van der Waals surface area contributed by atoms with Crippen LogP contribution < -0.4 is 20.1 Å². The summed E-state index contributed by atoms with van der Waals surface area (Å²) in [6, 6.07) is 8.63. The highest BCUT2D eigenvalue weighted by atomic mass is 35.5. The van der Waals surface area contributed by atoms with Crippen LogP contribution in [0.25, 0.3) is 17.3 Å². The quantitative estimate of drug-likeness (QED) is 0.523. The van der Waals surface area contributed by atoms with E-state index in [2.05, 4.69) is 10.2 Å². The predicted octanol–water partition coefficient (Wildman–Crippen LogP) is 2.22. The molecule has 0 aliphatic carbocycles. The van der Waals surface area contributed by atoms with E-state index in [-0.39, 0.29) is 20.8 Å². The van der Waals surface area contributed by atoms with Gasteiger partial charge in [0.25, 0.3) is 11.5 Å². The first-order valence-electron chi connectivity index (χ1n) is 10.4. The van der Waals surface area contributed by atoms with Crippen LogP contribution in [0, 0.1) is 11.3 Å². The Hall–Kier alpha value is -2.45. The number of amides is 1. The second-order valence-electron chi connectivity index (χ2n) is 7.41. The first-order chi connectivity index (χ1) is 16.5. The molecule has 1 aliphatic rings. The summed E-state index contributed by atoms with van der Waals surface area (Å²) in [5.41, 5.74) is 0.799. The van der Waals surface area contributed by atoms with Crippen molar-refractivity contribution >= 4 is 63.4 Å². The van der Waals surface area contributed by atoms with Crippen LogP contribution in [0.5, 0.6) is 0 Å². The Morgan fingerprint density at radius 1 is 1.24 bits per heavy atom. The van der Waals surface area contributed by atoms with Crippen LogP contribution in [0.15, 0.2) is 39.8 Å². The van der Waals surface area contributed by atoms with Crippen LogP contribution >= 0.6 is 45.9 Å². The molecule has 0 bridgehead atoms. The number of halogens is 2. The number of morpholine rings is 1. The topological polar surface area (TPSA) is 87.4 Å². The Labute approximate surface area is 213 Å². The maximum Gasteiger partial charge on any atom is 0.273 e. The minimum absolute atomic E-state index is 0.139. The van der Waals surface area contributed by atoms with Gasteiger partial charge in [0, 0.05) is 26.2 Å². The number of hydrogen-bond donors (Lipinski definition) is 1. The lowest BCUT2D eigenvalue weighted by Crippen LogP contribution is -2.42. The molecule has 1 fully saturated rings. The molecular formula is C23H20Cl2N4O3S2. The normalized spacial score (nSPS) is 15.7. The number of benzene rings is 1. The van der Waals surface area contributed by atoms with Crippen molar-refractivity contribution in [3.8, 4) is 11.8 Å². The zero-order chi connectivity index (χ0) is 24.1. The van der Waals surface area contributed by atoms with E-state index in [1.807, 2.05) is 22.9 Å². The number of carbonyl (C=O) groups excluding carboxylic acids is 1. The van der Waals surface area contributed by atoms with Gasteiger partial charge >= 0.3 is 0 Å². The Balaban J connectivity index is 1.77. The van der Waals surface area contributed by atoms with E-state index < -0.39 is 5.91 Å². The molecule has 1 aromatic carbocycles. The van der Waals surface area contributed by atoms with Crippen molar-refractivity contribution in [3.63, 3.8) is 0 Å². The van der Waals surface area contributed by atoms with Gasteiger partial charge < -0.3 is 10.1 Å². The van der Waals surface area contributed by atoms with E-state index in [0.717, 1.165) is 30.0 Å². The average molecular weight is 535 g/mol. The SMILES string of the molecule is N#CC(C(=O)NCCN1CCOCC1)=c1sc(=Cc2ccsc2)c(=O)n1-c1ccc(Cl)c(Cl)c1. The number of ether oxygens (including phenoxy) is 1. The van der Waals surface area contributed by atoms with E-state index in [1.165, 1.54) is 15.9 Å². The van der Waals surface area contributed by atoms with Crippen LogP contribution in [0.2, 0.25) is 10.0 Å². The summed E-state index contributed by atoms with van der Waals surface area (Å²) in [5.74, 6) is -0.534. The molecule has 0 saturated carbocycles. The number of rotatable bonds is 6. The zero-order valence-corrected chi connectivity index (χ0v) is 21.1. The lowest BCUT2D eigenvalue weighted by Gasteiger charge is -2.26. The minimum atomic E-state index is -0.534. The van der Waals surface area contributed by atoms with Crippen molar-refractivity contribution in [3.05, 3.63) is 70.2 Å². The third-order valence-corrected chi connectivity index (χ3v) is 7.73. The first kappa shape index (κ1) is 24.7. The molecule has 0 unspecified atom stereocenters. The molecule has 4 rings (SSSR count). The second-order valence-corrected chi connectivity index (χ2v) is 10.0. The van der Waals surface area contributed by atoms with Crippen LogP contribution in [0.1, 0.15) is 5.56 Å². The van der Waals surface area contributed by atoms with Gasteiger partial charge in [-0.25, -0.2) is 0 Å². The smallest absolute Gasteiger partial charge is 0.273 e. The molecule has 1 aliphatic heterocycles. The number of aromatic nitrogens is 1. The lowest BCUT2D eigenvalue weighted by atomic mass is 10.2. The summed E-state index contributed by atoms with van der Waals surface area (Å²) in [5, 5.41) is 17.1. The number of nitrogens with one attached hydrogen (secondary N) is 1. The Bertz CT molecular complexity index is 1400. The van der Waals surface area contributed by atoms with Crippen molar-refractivity contribution in [2.75, 3.05) is 39.4 Å². The third kappa shape index (κ3) is 5.61. The highest BCUT2D eigenvalue weighted by Gasteiger charge is 2.18. The van der Waals surface area contributed by atoms with E-state index in [4.69, 9.17) is 27.9 Å². The Morgan fingerprint density at radius 3 is 2.71 bits per heavy atom. The number of hydrogen-bond acceptors (Lipinski definition) is 7. The molecule has 1 amide bonds. The number of nitrogens with zero attached hydrogens (tertiary/aromatic N) is 3. The highest BCUT2D eigenvalue weighted by Crippen LogP contribution is 2.23. The summed E-state index contributed by atoms with van der Waals surface area (Å²) in [4.78, 5) is 28.5. The van der Waals surface area contributed by atoms with Crippen molar-refractivity contribution in [2.24, 2.45) is 0 Å². The fourth-order valence-corrected chi connectivity index (χ4v) is 5.47. The van der Waals surface area contributed by atoms with Crippen molar-refractivity contribution < 1.29 is 9.53 Å². The van der Waals surface area contributed by atoms with Crippen molar-refractivity contribution in [1.82, 2.24) is 14.8 Å². The monoisotopic (exact) mass is 534 g/mol. The summed E-state index contributed by atoms with van der Waals surface area (Å²) in [6.07, 6.45) is 1.74. The van der Waals surface area contributed by atoms with Crippen LogP contribution in [-0.4, -0.2) is 54.8 Å². The fourth-order valence-electron chi connectivity index (χ4n) is 3.45. The van der Waals surface area contributed by atoms with Crippen molar-refractivity contribution in [2.45, 2.75) is 0 Å². The van der Waals surface area contributed by atoms with E-state index in [1.54, 1.807) is 24.3 Å². The molecule has 176 valence electrons. The number of thiophene rings is 1. The van der Waals surface area contributed by atoms with Gasteiger partial charge in [0.05, 0.1) is 33.5 Å². The molecule has 7 nitrogen and oxygen atoms in total. The van der Waals surface area contributed by atoms with Gasteiger partial charge in [-0.1, -0.05) is 23.2 Å². The van der Waals surface area contributed by atoms with Gasteiger partial charge in [-0.05, 0) is 46.7 Å². The Morgan fingerprint density at radius 2 is 2.03 bits per heavy atom. The van der Waals surface area contributed by atoms with E-state index >= 15 is 0 Å². The van der Waals surface area contributed by atoms with Gasteiger partial charge in [-0.2, -0.15) is 16.6 Å². The maximum atomic E-state index is 13.4. The second kappa shape index (κ2) is 11.3. The van der Waals surface area contributed by atoms with Crippen LogP contribution in [0.3, 0.4) is 0 Å². The molecule has 1 saturated heterocycles. The highest BCUT2D eigenvalue weighted by molar-refractivity contribution is 7.08. The van der Waals surface area contributed by atoms with E-state index in [9.17, 15) is 14.9 Å². The van der Waals surface area contributed by atoms with Gasteiger partial charge in [0.1, 0.15) is 10.7 Å². The molecule has 0 spiro atoms. The lowest BCUT2D eigenvalue weighted by molar-refractivity contribution is -0.115. The summed E-state index contributed by atoms with van der Waals surface area (Å²) in [7, 11) is 0. The van der Waals surface area contributed by atoms with E-state index in [0.29, 0.717) is 41.5 Å². The molecule has 1 N–H and O–H groups in total. The molecule has 0 radical (unpaired) electrons. The number of carbonyl (C=O) groups is 1. The molecular weight excluding hydrogens is 515 g/mol. The number of nitriles is 1. The van der Waals surface area contributed by atoms with Gasteiger partial charge in [0.15, 0.2) is 5.57 Å². The standard InChI is InChI=1S/C23H20Cl2N4O3S2/c24-18-2-1-16(12-19(18)25)29-22(31)20(11-15-3-10-33-14-15)34-23(29)17(13-26)21(30)27-4-5-28-6-8-32-9-7-28/h1-3,10-12,14H,4-9H2,(H,27,30). The zero-order valence-electron chi connectivity index (χ0n) is 17.9.